The predicted molar refractivity (Wildman–Crippen MR) is 157 cm³/mol. The topological polar surface area (TPSA) is 86.8 Å². The van der Waals surface area contributed by atoms with E-state index in [1.165, 1.54) is 17.0 Å². The number of anilines is 1. The van der Waals surface area contributed by atoms with Crippen molar-refractivity contribution < 1.29 is 18.0 Å². The van der Waals surface area contributed by atoms with Gasteiger partial charge in [0.1, 0.15) is 12.6 Å². The van der Waals surface area contributed by atoms with Crippen LogP contribution in [0.25, 0.3) is 0 Å². The van der Waals surface area contributed by atoms with Crippen molar-refractivity contribution in [2.24, 2.45) is 0 Å². The lowest BCUT2D eigenvalue weighted by molar-refractivity contribution is -0.139. The van der Waals surface area contributed by atoms with Crippen molar-refractivity contribution in [2.45, 2.75) is 50.7 Å². The number of rotatable bonds is 11. The number of halogens is 2. The van der Waals surface area contributed by atoms with Gasteiger partial charge in [-0.25, -0.2) is 8.42 Å². The zero-order valence-corrected chi connectivity index (χ0v) is 25.5. The fraction of sp³-hybridized carbons (Fsp3) is 0.286. The third kappa shape index (κ3) is 7.68. The standard InChI is InChI=1S/C28H31Br2N3O4S/c1-4-20(2)31-28(35)21(3)32(18-22-10-8-11-23(29)16-22)27(34)19-33(25-13-9-12-24(30)17-25)38(36,37)26-14-6-5-7-15-26/h5-17,20-21H,4,18-19H2,1-3H3,(H,31,35). The molecule has 0 aliphatic rings. The Labute approximate surface area is 241 Å². The highest BCUT2D eigenvalue weighted by atomic mass is 79.9. The number of hydrogen-bond acceptors (Lipinski definition) is 4. The summed E-state index contributed by atoms with van der Waals surface area (Å²) in [7, 11) is -4.09. The summed E-state index contributed by atoms with van der Waals surface area (Å²) in [6.45, 7) is 5.16. The number of amides is 2. The SMILES string of the molecule is CCC(C)NC(=O)C(C)N(Cc1cccc(Br)c1)C(=O)CN(c1cccc(Br)c1)S(=O)(=O)c1ccccc1. The molecule has 0 aliphatic heterocycles. The molecule has 0 heterocycles. The minimum Gasteiger partial charge on any atom is -0.352 e. The number of nitrogens with one attached hydrogen (secondary N) is 1. The summed E-state index contributed by atoms with van der Waals surface area (Å²) in [6, 6.07) is 21.3. The predicted octanol–water partition coefficient (Wildman–Crippen LogP) is 5.74. The van der Waals surface area contributed by atoms with E-state index in [1.54, 1.807) is 49.4 Å². The van der Waals surface area contributed by atoms with E-state index < -0.39 is 28.5 Å². The van der Waals surface area contributed by atoms with Crippen LogP contribution in [-0.2, 0) is 26.2 Å². The summed E-state index contributed by atoms with van der Waals surface area (Å²) in [5.74, 6) is -0.807. The van der Waals surface area contributed by atoms with Gasteiger partial charge in [-0.2, -0.15) is 0 Å². The van der Waals surface area contributed by atoms with Gasteiger partial charge in [-0.15, -0.1) is 0 Å². The minimum absolute atomic E-state index is 0.0638. The second-order valence-corrected chi connectivity index (χ2v) is 12.6. The number of benzene rings is 3. The van der Waals surface area contributed by atoms with Gasteiger partial charge in [-0.05, 0) is 68.3 Å². The Kier molecular flexibility index (Phi) is 10.5. The van der Waals surface area contributed by atoms with Crippen molar-refractivity contribution in [2.75, 3.05) is 10.8 Å². The smallest absolute Gasteiger partial charge is 0.264 e. The van der Waals surface area contributed by atoms with Crippen LogP contribution in [0.1, 0.15) is 32.8 Å². The lowest BCUT2D eigenvalue weighted by Gasteiger charge is -2.32. The Morgan fingerprint density at radius 1 is 0.895 bits per heavy atom. The molecule has 0 bridgehead atoms. The van der Waals surface area contributed by atoms with Crippen molar-refractivity contribution in [1.29, 1.82) is 0 Å². The van der Waals surface area contributed by atoms with Gasteiger partial charge < -0.3 is 10.2 Å². The Balaban J connectivity index is 2.02. The van der Waals surface area contributed by atoms with Gasteiger partial charge in [0.15, 0.2) is 0 Å². The normalized spacial score (nSPS) is 12.9. The number of carbonyl (C=O) groups is 2. The number of nitrogens with zero attached hydrogens (tertiary/aromatic N) is 2. The van der Waals surface area contributed by atoms with Crippen LogP contribution in [0.2, 0.25) is 0 Å². The van der Waals surface area contributed by atoms with E-state index in [2.05, 4.69) is 37.2 Å². The van der Waals surface area contributed by atoms with Crippen molar-refractivity contribution in [3.05, 3.63) is 93.4 Å². The Bertz CT molecular complexity index is 1370. The second-order valence-electron chi connectivity index (χ2n) is 8.95. The molecule has 0 aromatic heterocycles. The van der Waals surface area contributed by atoms with Gasteiger partial charge in [0, 0.05) is 21.5 Å². The third-order valence-electron chi connectivity index (χ3n) is 6.12. The van der Waals surface area contributed by atoms with Crippen LogP contribution < -0.4 is 9.62 Å². The molecule has 3 aromatic carbocycles. The molecule has 0 saturated heterocycles. The van der Waals surface area contributed by atoms with Crippen LogP contribution in [0.5, 0.6) is 0 Å². The van der Waals surface area contributed by atoms with Gasteiger partial charge in [0.2, 0.25) is 11.8 Å². The maximum Gasteiger partial charge on any atom is 0.264 e. The Morgan fingerprint density at radius 2 is 1.53 bits per heavy atom. The van der Waals surface area contributed by atoms with Gasteiger partial charge in [-0.1, -0.05) is 75.2 Å². The molecule has 38 heavy (non-hydrogen) atoms. The molecule has 2 unspecified atom stereocenters. The van der Waals surface area contributed by atoms with E-state index in [0.29, 0.717) is 10.2 Å². The van der Waals surface area contributed by atoms with E-state index in [4.69, 9.17) is 0 Å². The first-order valence-corrected chi connectivity index (χ1v) is 15.2. The van der Waals surface area contributed by atoms with Gasteiger partial charge in [0.05, 0.1) is 10.6 Å². The number of carbonyl (C=O) groups excluding carboxylic acids is 2. The number of sulfonamides is 1. The molecule has 0 fully saturated rings. The average molecular weight is 665 g/mol. The quantitative estimate of drug-likeness (QED) is 0.283. The maximum atomic E-state index is 13.9. The zero-order chi connectivity index (χ0) is 27.9. The van der Waals surface area contributed by atoms with E-state index in [0.717, 1.165) is 20.8 Å². The molecule has 7 nitrogen and oxygen atoms in total. The molecule has 0 saturated carbocycles. The highest BCUT2D eigenvalue weighted by Crippen LogP contribution is 2.27. The highest BCUT2D eigenvalue weighted by Gasteiger charge is 2.32. The summed E-state index contributed by atoms with van der Waals surface area (Å²) in [5, 5.41) is 2.93. The molecule has 3 rings (SSSR count). The zero-order valence-electron chi connectivity index (χ0n) is 21.5. The lowest BCUT2D eigenvalue weighted by atomic mass is 10.1. The lowest BCUT2D eigenvalue weighted by Crippen LogP contribution is -2.52. The third-order valence-corrected chi connectivity index (χ3v) is 8.89. The van der Waals surface area contributed by atoms with Gasteiger partial charge in [0.25, 0.3) is 10.0 Å². The van der Waals surface area contributed by atoms with E-state index in [1.807, 2.05) is 38.1 Å². The molecule has 3 aromatic rings. The molecular weight excluding hydrogens is 634 g/mol. The van der Waals surface area contributed by atoms with Crippen molar-refractivity contribution in [3.63, 3.8) is 0 Å². The Hall–Kier alpha value is -2.69. The van der Waals surface area contributed by atoms with E-state index >= 15 is 0 Å². The second kappa shape index (κ2) is 13.4. The molecule has 0 radical (unpaired) electrons. The summed E-state index contributed by atoms with van der Waals surface area (Å²) in [5.41, 5.74) is 1.13. The van der Waals surface area contributed by atoms with Gasteiger partial charge in [-0.3, -0.25) is 13.9 Å². The molecule has 2 amide bonds. The first kappa shape index (κ1) is 29.9. The van der Waals surface area contributed by atoms with E-state index in [9.17, 15) is 18.0 Å². The van der Waals surface area contributed by atoms with Crippen LogP contribution in [0.4, 0.5) is 5.69 Å². The minimum atomic E-state index is -4.09. The number of hydrogen-bond donors (Lipinski definition) is 1. The summed E-state index contributed by atoms with van der Waals surface area (Å²) < 4.78 is 30.1. The summed E-state index contributed by atoms with van der Waals surface area (Å²) in [4.78, 5) is 28.5. The highest BCUT2D eigenvalue weighted by molar-refractivity contribution is 9.10. The van der Waals surface area contributed by atoms with Crippen LogP contribution in [-0.4, -0.2) is 43.8 Å². The molecule has 1 N–H and O–H groups in total. The largest absolute Gasteiger partial charge is 0.352 e. The van der Waals surface area contributed by atoms with Crippen molar-refractivity contribution in [1.82, 2.24) is 10.2 Å². The van der Waals surface area contributed by atoms with E-state index in [-0.39, 0.29) is 23.4 Å². The molecule has 0 spiro atoms. The van der Waals surface area contributed by atoms with Crippen LogP contribution in [0.15, 0.2) is 92.7 Å². The van der Waals surface area contributed by atoms with Gasteiger partial charge >= 0.3 is 0 Å². The molecular formula is C28H31Br2N3O4S. The fourth-order valence-electron chi connectivity index (χ4n) is 3.76. The molecule has 0 aliphatic carbocycles. The average Bonchev–Trinajstić information content (AvgIpc) is 2.90. The van der Waals surface area contributed by atoms with Crippen LogP contribution in [0.3, 0.4) is 0 Å². The first-order chi connectivity index (χ1) is 18.0. The fourth-order valence-corrected chi connectivity index (χ4v) is 6.02. The monoisotopic (exact) mass is 663 g/mol. The molecule has 10 heteroatoms. The first-order valence-electron chi connectivity index (χ1n) is 12.2. The van der Waals surface area contributed by atoms with Crippen molar-refractivity contribution >= 4 is 59.4 Å². The molecule has 2 atom stereocenters. The van der Waals surface area contributed by atoms with Crippen LogP contribution in [0, 0.1) is 0 Å². The maximum absolute atomic E-state index is 13.9. The Morgan fingerprint density at radius 3 is 2.13 bits per heavy atom. The molecule has 202 valence electrons. The van der Waals surface area contributed by atoms with Crippen LogP contribution >= 0.6 is 31.9 Å². The summed E-state index contributed by atoms with van der Waals surface area (Å²) >= 11 is 6.85. The summed E-state index contributed by atoms with van der Waals surface area (Å²) in [6.07, 6.45) is 0.740. The van der Waals surface area contributed by atoms with Crippen molar-refractivity contribution in [3.8, 4) is 0 Å².